The monoisotopic (exact) mass is 456 g/mol. The van der Waals surface area contributed by atoms with E-state index in [0.717, 1.165) is 0 Å². The molecule has 0 bridgehead atoms. The van der Waals surface area contributed by atoms with Crippen LogP contribution in [0, 0.1) is 0 Å². The van der Waals surface area contributed by atoms with Crippen molar-refractivity contribution >= 4 is 52.8 Å². The number of nitrogens with zero attached hydrogens (tertiary/aromatic N) is 1. The van der Waals surface area contributed by atoms with Crippen LogP contribution in [0.15, 0.2) is 40.2 Å². The van der Waals surface area contributed by atoms with E-state index in [-0.39, 0.29) is 34.5 Å². The number of halogens is 2. The second-order valence-electron chi connectivity index (χ2n) is 6.26. The normalized spacial score (nSPS) is 21.4. The van der Waals surface area contributed by atoms with E-state index in [2.05, 4.69) is 0 Å². The van der Waals surface area contributed by atoms with Gasteiger partial charge in [-0.3, -0.25) is 9.69 Å². The van der Waals surface area contributed by atoms with Crippen molar-refractivity contribution in [2.45, 2.75) is 25.0 Å². The van der Waals surface area contributed by atoms with E-state index in [4.69, 9.17) is 38.4 Å². The smallest absolute Gasteiger partial charge is 0.338 e. The Morgan fingerprint density at radius 2 is 1.93 bits per heavy atom. The second-order valence-corrected chi connectivity index (χ2v) is 8.44. The summed E-state index contributed by atoms with van der Waals surface area (Å²) < 4.78 is 10.1. The Hall–Kier alpha value is -2.16. The quantitative estimate of drug-likeness (QED) is 0.694. The van der Waals surface area contributed by atoms with Crippen molar-refractivity contribution in [1.82, 2.24) is 4.90 Å². The molecule has 1 aromatic rings. The van der Waals surface area contributed by atoms with Gasteiger partial charge in [0.2, 0.25) is 5.91 Å². The maximum atomic E-state index is 13.0. The fourth-order valence-electron chi connectivity index (χ4n) is 3.29. The predicted octanol–water partition coefficient (Wildman–Crippen LogP) is 3.17. The molecule has 154 valence electrons. The molecule has 3 rings (SSSR count). The van der Waals surface area contributed by atoms with Gasteiger partial charge in [0.15, 0.2) is 0 Å². The molecule has 1 amide bonds. The Balaban J connectivity index is 2.35. The molecule has 10 heteroatoms. The van der Waals surface area contributed by atoms with Crippen LogP contribution in [0.2, 0.25) is 10.0 Å². The molecule has 29 heavy (non-hydrogen) atoms. The molecule has 0 aromatic heterocycles. The summed E-state index contributed by atoms with van der Waals surface area (Å²) in [5.74, 6) is -2.88. The number of hydrogen-bond acceptors (Lipinski definition) is 7. The number of hydrogen-bond donors (Lipinski definition) is 1. The Labute approximate surface area is 181 Å². The summed E-state index contributed by atoms with van der Waals surface area (Å²) in [6, 6.07) is 4.69. The van der Waals surface area contributed by atoms with Crippen LogP contribution in [0.4, 0.5) is 0 Å². The van der Waals surface area contributed by atoms with Crippen molar-refractivity contribution in [3.63, 3.8) is 0 Å². The highest BCUT2D eigenvalue weighted by Crippen LogP contribution is 2.50. The highest BCUT2D eigenvalue weighted by Gasteiger charge is 2.49. The lowest BCUT2D eigenvalue weighted by atomic mass is 9.82. The van der Waals surface area contributed by atoms with Crippen molar-refractivity contribution in [1.29, 1.82) is 0 Å². The summed E-state index contributed by atoms with van der Waals surface area (Å²) in [5.41, 5.74) is 6.71. The SMILES string of the molecule is CCOC(=O)C1=C2S[C@@H](C)C(=O)N2C(N)=C(C(=O)OC)[C@H]1c1ccc(Cl)cc1Cl. The van der Waals surface area contributed by atoms with Gasteiger partial charge in [-0.2, -0.15) is 0 Å². The van der Waals surface area contributed by atoms with Gasteiger partial charge in [0, 0.05) is 10.0 Å². The maximum Gasteiger partial charge on any atom is 0.338 e. The number of fused-ring (bicyclic) bond motifs is 1. The third-order valence-corrected chi connectivity index (χ3v) is 6.30. The van der Waals surface area contributed by atoms with Crippen molar-refractivity contribution in [2.24, 2.45) is 5.73 Å². The molecule has 2 aliphatic heterocycles. The Kier molecular flexibility index (Phi) is 6.16. The molecule has 7 nitrogen and oxygen atoms in total. The van der Waals surface area contributed by atoms with Gasteiger partial charge < -0.3 is 15.2 Å². The molecule has 1 fully saturated rings. The van der Waals surface area contributed by atoms with Crippen LogP contribution >= 0.6 is 35.0 Å². The van der Waals surface area contributed by atoms with E-state index in [1.54, 1.807) is 26.0 Å². The molecule has 0 radical (unpaired) electrons. The van der Waals surface area contributed by atoms with Crippen LogP contribution in [-0.4, -0.2) is 41.7 Å². The Bertz CT molecular complexity index is 975. The standard InChI is InChI=1S/C19H18Cl2N2O5S/c1-4-28-19(26)14-12(10-6-5-9(20)7-11(10)21)13(18(25)27-3)15(22)23-16(24)8(2)29-17(14)23/h5-8,12H,4,22H2,1-3H3/t8-,12+/m0/s1. The Morgan fingerprint density at radius 1 is 1.24 bits per heavy atom. The van der Waals surface area contributed by atoms with Crippen LogP contribution in [0.25, 0.3) is 0 Å². The molecule has 0 aliphatic carbocycles. The maximum absolute atomic E-state index is 13.0. The first kappa shape index (κ1) is 21.5. The lowest BCUT2D eigenvalue weighted by Crippen LogP contribution is -2.40. The van der Waals surface area contributed by atoms with E-state index in [9.17, 15) is 14.4 Å². The number of benzene rings is 1. The predicted molar refractivity (Wildman–Crippen MR) is 110 cm³/mol. The molecule has 2 heterocycles. The first-order valence-electron chi connectivity index (χ1n) is 8.67. The molecule has 0 saturated carbocycles. The molecular formula is C19H18Cl2N2O5S. The zero-order chi connectivity index (χ0) is 21.5. The minimum Gasteiger partial charge on any atom is -0.466 e. The highest BCUT2D eigenvalue weighted by atomic mass is 35.5. The lowest BCUT2D eigenvalue weighted by molar-refractivity contribution is -0.139. The molecule has 0 unspecified atom stereocenters. The number of amides is 1. The lowest BCUT2D eigenvalue weighted by Gasteiger charge is -2.33. The summed E-state index contributed by atoms with van der Waals surface area (Å²) in [6.45, 7) is 3.46. The fraction of sp³-hybridized carbons (Fsp3) is 0.316. The third-order valence-electron chi connectivity index (χ3n) is 4.56. The van der Waals surface area contributed by atoms with Gasteiger partial charge in [0.25, 0.3) is 0 Å². The van der Waals surface area contributed by atoms with Gasteiger partial charge >= 0.3 is 11.9 Å². The van der Waals surface area contributed by atoms with Gasteiger partial charge in [0.1, 0.15) is 5.82 Å². The average molecular weight is 457 g/mol. The van der Waals surface area contributed by atoms with Crippen molar-refractivity contribution in [2.75, 3.05) is 13.7 Å². The molecule has 1 aromatic carbocycles. The zero-order valence-electron chi connectivity index (χ0n) is 15.8. The highest BCUT2D eigenvalue weighted by molar-refractivity contribution is 8.04. The van der Waals surface area contributed by atoms with E-state index in [1.165, 1.54) is 29.8 Å². The number of esters is 2. The number of carbonyl (C=O) groups excluding carboxylic acids is 3. The number of nitrogens with two attached hydrogens (primary N) is 1. The molecule has 2 N–H and O–H groups in total. The van der Waals surface area contributed by atoms with Gasteiger partial charge in [-0.25, -0.2) is 9.59 Å². The van der Waals surface area contributed by atoms with E-state index in [1.807, 2.05) is 0 Å². The van der Waals surface area contributed by atoms with Crippen molar-refractivity contribution in [3.8, 4) is 0 Å². The summed E-state index contributed by atoms with van der Waals surface area (Å²) >= 11 is 13.6. The van der Waals surface area contributed by atoms with Crippen LogP contribution in [-0.2, 0) is 23.9 Å². The number of ether oxygens (including phenoxy) is 2. The van der Waals surface area contributed by atoms with Crippen LogP contribution in [0.3, 0.4) is 0 Å². The van der Waals surface area contributed by atoms with Crippen LogP contribution < -0.4 is 5.73 Å². The summed E-state index contributed by atoms with van der Waals surface area (Å²) in [4.78, 5) is 39.5. The van der Waals surface area contributed by atoms with E-state index in [0.29, 0.717) is 15.6 Å². The summed E-state index contributed by atoms with van der Waals surface area (Å²) in [5, 5.41) is 0.445. The third kappa shape index (κ3) is 3.60. The number of thioether (sulfide) groups is 1. The van der Waals surface area contributed by atoms with Crippen molar-refractivity contribution < 1.29 is 23.9 Å². The van der Waals surface area contributed by atoms with Crippen LogP contribution in [0.1, 0.15) is 25.3 Å². The van der Waals surface area contributed by atoms with E-state index >= 15 is 0 Å². The topological polar surface area (TPSA) is 98.9 Å². The number of methoxy groups -OCH3 is 1. The van der Waals surface area contributed by atoms with Crippen LogP contribution in [0.5, 0.6) is 0 Å². The van der Waals surface area contributed by atoms with Gasteiger partial charge in [0.05, 0.1) is 41.1 Å². The van der Waals surface area contributed by atoms with E-state index < -0.39 is 23.1 Å². The molecule has 2 atom stereocenters. The largest absolute Gasteiger partial charge is 0.466 e. The summed E-state index contributed by atoms with van der Waals surface area (Å²) in [6.07, 6.45) is 0. The van der Waals surface area contributed by atoms with Gasteiger partial charge in [-0.05, 0) is 31.5 Å². The van der Waals surface area contributed by atoms with Crippen molar-refractivity contribution in [3.05, 3.63) is 55.8 Å². The molecular weight excluding hydrogens is 439 g/mol. The zero-order valence-corrected chi connectivity index (χ0v) is 18.2. The number of rotatable bonds is 4. The Morgan fingerprint density at radius 3 is 2.52 bits per heavy atom. The fourth-order valence-corrected chi connectivity index (χ4v) is 4.97. The average Bonchev–Trinajstić information content (AvgIpc) is 2.96. The first-order valence-corrected chi connectivity index (χ1v) is 10.3. The molecule has 2 aliphatic rings. The second kappa shape index (κ2) is 8.30. The van der Waals surface area contributed by atoms with Gasteiger partial charge in [-0.1, -0.05) is 41.0 Å². The minimum absolute atomic E-state index is 0.0634. The van der Waals surface area contributed by atoms with Gasteiger partial charge in [-0.15, -0.1) is 0 Å². The first-order chi connectivity index (χ1) is 13.7. The number of carbonyl (C=O) groups is 3. The molecule has 1 saturated heterocycles. The molecule has 0 spiro atoms. The summed E-state index contributed by atoms with van der Waals surface area (Å²) in [7, 11) is 1.19. The minimum atomic E-state index is -0.983.